The fraction of sp³-hybridized carbons (Fsp3) is 0.158. The summed E-state index contributed by atoms with van der Waals surface area (Å²) in [7, 11) is 1.94. The van der Waals surface area contributed by atoms with E-state index in [2.05, 4.69) is 15.0 Å². The molecule has 9 heteroatoms. The van der Waals surface area contributed by atoms with E-state index in [1.165, 1.54) is 6.20 Å². The molecule has 2 N–H and O–H groups in total. The largest absolute Gasteiger partial charge is 0.476 e. The number of H-pyrrole nitrogens is 1. The summed E-state index contributed by atoms with van der Waals surface area (Å²) in [6.07, 6.45) is 5.68. The summed E-state index contributed by atoms with van der Waals surface area (Å²) in [6.45, 7) is 0. The van der Waals surface area contributed by atoms with Crippen LogP contribution >= 0.6 is 12.4 Å². The number of imidazole rings is 2. The first-order chi connectivity index (χ1) is 13.0. The van der Waals surface area contributed by atoms with Crippen molar-refractivity contribution in [2.45, 2.75) is 12.3 Å². The highest BCUT2D eigenvalue weighted by atomic mass is 35.5. The second kappa shape index (κ2) is 6.35. The van der Waals surface area contributed by atoms with Crippen molar-refractivity contribution in [3.05, 3.63) is 76.0 Å². The number of aromatic carboxylic acids is 1. The van der Waals surface area contributed by atoms with Crippen molar-refractivity contribution in [1.29, 1.82) is 0 Å². The predicted molar refractivity (Wildman–Crippen MR) is 104 cm³/mol. The van der Waals surface area contributed by atoms with Crippen LogP contribution in [0.3, 0.4) is 0 Å². The lowest BCUT2D eigenvalue weighted by molar-refractivity contribution is 0.0691. The fourth-order valence-electron chi connectivity index (χ4n) is 3.89. The number of nitrogens with one attached hydrogen (secondary N) is 1. The lowest BCUT2D eigenvalue weighted by Gasteiger charge is -2.14. The van der Waals surface area contributed by atoms with Gasteiger partial charge in [-0.1, -0.05) is 24.3 Å². The van der Waals surface area contributed by atoms with E-state index in [9.17, 15) is 14.7 Å². The Bertz CT molecular complexity index is 1290. The molecule has 0 amide bonds. The summed E-state index contributed by atoms with van der Waals surface area (Å²) < 4.78 is 3.57. The van der Waals surface area contributed by atoms with Gasteiger partial charge in [0, 0.05) is 43.5 Å². The molecule has 1 atom stereocenters. The van der Waals surface area contributed by atoms with Crippen LogP contribution in [-0.4, -0.2) is 35.0 Å². The Kier molecular flexibility index (Phi) is 4.08. The summed E-state index contributed by atoms with van der Waals surface area (Å²) in [6, 6.07) is 7.87. The monoisotopic (exact) mass is 397 g/mol. The molecule has 1 aliphatic carbocycles. The standard InChI is InChI=1S/C19H15N5O3.ClH/c1-23-7-6-20-14(23)8-12-10-4-2-3-5-11(10)15-16(12)24-9-13(19(26)27)21-17(24)18(25)22-15;/h2-7,9,12H,8H2,1H3,(H,22,25)(H,26,27);1H. The molecule has 0 aliphatic heterocycles. The molecule has 0 radical (unpaired) electrons. The Morgan fingerprint density at radius 1 is 1.32 bits per heavy atom. The number of carbonyl (C=O) groups is 1. The number of hydrogen-bond acceptors (Lipinski definition) is 4. The Balaban J connectivity index is 0.00000192. The van der Waals surface area contributed by atoms with Gasteiger partial charge in [-0.3, -0.25) is 9.20 Å². The zero-order valence-electron chi connectivity index (χ0n) is 14.8. The van der Waals surface area contributed by atoms with Gasteiger partial charge in [-0.05, 0) is 5.56 Å². The minimum absolute atomic E-state index is 0. The van der Waals surface area contributed by atoms with Crippen LogP contribution < -0.4 is 5.56 Å². The first kappa shape index (κ1) is 18.0. The number of aromatic amines is 1. The molecule has 8 nitrogen and oxygen atoms in total. The van der Waals surface area contributed by atoms with Crippen LogP contribution in [0.2, 0.25) is 0 Å². The number of aryl methyl sites for hydroxylation is 1. The van der Waals surface area contributed by atoms with E-state index in [1.807, 2.05) is 42.1 Å². The van der Waals surface area contributed by atoms with Gasteiger partial charge in [0.2, 0.25) is 5.65 Å². The third-order valence-corrected chi connectivity index (χ3v) is 5.13. The molecule has 28 heavy (non-hydrogen) atoms. The number of aromatic nitrogens is 5. The highest BCUT2D eigenvalue weighted by Crippen LogP contribution is 2.44. The van der Waals surface area contributed by atoms with Crippen LogP contribution in [0, 0.1) is 0 Å². The smallest absolute Gasteiger partial charge is 0.356 e. The molecular weight excluding hydrogens is 382 g/mol. The zero-order valence-corrected chi connectivity index (χ0v) is 15.6. The maximum atomic E-state index is 12.5. The minimum Gasteiger partial charge on any atom is -0.476 e. The molecule has 1 aliphatic rings. The lowest BCUT2D eigenvalue weighted by atomic mass is 9.96. The molecule has 0 saturated heterocycles. The third-order valence-electron chi connectivity index (χ3n) is 5.13. The highest BCUT2D eigenvalue weighted by Gasteiger charge is 2.33. The topological polar surface area (TPSA) is 105 Å². The molecule has 5 rings (SSSR count). The summed E-state index contributed by atoms with van der Waals surface area (Å²) in [5.74, 6) is -0.337. The summed E-state index contributed by atoms with van der Waals surface area (Å²) in [4.78, 5) is 35.2. The van der Waals surface area contributed by atoms with Crippen LogP contribution in [0.15, 0.2) is 47.7 Å². The van der Waals surface area contributed by atoms with Crippen molar-refractivity contribution in [3.63, 3.8) is 0 Å². The van der Waals surface area contributed by atoms with Gasteiger partial charge in [-0.2, -0.15) is 0 Å². The average molecular weight is 398 g/mol. The van der Waals surface area contributed by atoms with Crippen LogP contribution in [0.4, 0.5) is 0 Å². The number of benzene rings is 1. The van der Waals surface area contributed by atoms with Crippen LogP contribution in [0.5, 0.6) is 0 Å². The van der Waals surface area contributed by atoms with Crippen LogP contribution in [-0.2, 0) is 13.5 Å². The van der Waals surface area contributed by atoms with Crippen molar-refractivity contribution in [2.24, 2.45) is 7.05 Å². The van der Waals surface area contributed by atoms with Gasteiger partial charge in [0.05, 0.1) is 11.4 Å². The molecule has 1 aromatic carbocycles. The van der Waals surface area contributed by atoms with Crippen molar-refractivity contribution in [3.8, 4) is 11.3 Å². The second-order valence-electron chi connectivity index (χ2n) is 6.64. The normalized spacial score (nSPS) is 14.5. The van der Waals surface area contributed by atoms with Gasteiger partial charge in [-0.15, -0.1) is 12.4 Å². The van der Waals surface area contributed by atoms with Crippen molar-refractivity contribution in [2.75, 3.05) is 0 Å². The molecule has 0 saturated carbocycles. The first-order valence-corrected chi connectivity index (χ1v) is 8.48. The molecule has 0 fully saturated rings. The number of carboxylic acid groups (broad SMARTS) is 1. The van der Waals surface area contributed by atoms with E-state index < -0.39 is 11.5 Å². The lowest BCUT2D eigenvalue weighted by Crippen LogP contribution is -2.16. The Morgan fingerprint density at radius 3 is 2.82 bits per heavy atom. The van der Waals surface area contributed by atoms with Crippen molar-refractivity contribution in [1.82, 2.24) is 23.9 Å². The van der Waals surface area contributed by atoms with Crippen LogP contribution in [0.1, 0.15) is 33.5 Å². The minimum atomic E-state index is -1.16. The van der Waals surface area contributed by atoms with E-state index >= 15 is 0 Å². The molecule has 3 heterocycles. The van der Waals surface area contributed by atoms with Crippen molar-refractivity contribution < 1.29 is 9.90 Å². The zero-order chi connectivity index (χ0) is 18.7. The van der Waals surface area contributed by atoms with E-state index in [4.69, 9.17) is 0 Å². The van der Waals surface area contributed by atoms with Crippen molar-refractivity contribution >= 4 is 24.0 Å². The Morgan fingerprint density at radius 2 is 2.11 bits per heavy atom. The van der Waals surface area contributed by atoms with Gasteiger partial charge in [0.1, 0.15) is 5.82 Å². The quantitative estimate of drug-likeness (QED) is 0.551. The van der Waals surface area contributed by atoms with Gasteiger partial charge in [0.15, 0.2) is 5.69 Å². The van der Waals surface area contributed by atoms with E-state index in [0.717, 1.165) is 22.6 Å². The summed E-state index contributed by atoms with van der Waals surface area (Å²) >= 11 is 0. The molecule has 1 unspecified atom stereocenters. The van der Waals surface area contributed by atoms with Gasteiger partial charge >= 0.3 is 5.97 Å². The molecule has 3 aromatic heterocycles. The molecule has 142 valence electrons. The number of nitrogens with zero attached hydrogens (tertiary/aromatic N) is 4. The maximum absolute atomic E-state index is 12.5. The van der Waals surface area contributed by atoms with E-state index in [-0.39, 0.29) is 29.7 Å². The summed E-state index contributed by atoms with van der Waals surface area (Å²) in [5, 5.41) is 9.31. The van der Waals surface area contributed by atoms with E-state index in [1.54, 1.807) is 10.6 Å². The second-order valence-corrected chi connectivity index (χ2v) is 6.64. The van der Waals surface area contributed by atoms with Crippen LogP contribution in [0.25, 0.3) is 16.9 Å². The fourth-order valence-corrected chi connectivity index (χ4v) is 3.89. The van der Waals surface area contributed by atoms with Gasteiger partial charge < -0.3 is 14.7 Å². The highest BCUT2D eigenvalue weighted by molar-refractivity contribution is 5.86. The summed E-state index contributed by atoms with van der Waals surface area (Å²) in [5.41, 5.74) is 3.07. The molecule has 0 bridgehead atoms. The van der Waals surface area contributed by atoms with E-state index in [0.29, 0.717) is 12.1 Å². The number of fused-ring (bicyclic) bond motifs is 5. The SMILES string of the molecule is Cl.Cn1ccnc1CC1c2ccccc2-c2[nH]c(=O)c3nc(C(=O)O)cn3c21. The molecular formula is C19H16ClN5O3. The van der Waals surface area contributed by atoms with Gasteiger partial charge in [-0.25, -0.2) is 14.8 Å². The number of halogens is 1. The Labute approximate surface area is 164 Å². The maximum Gasteiger partial charge on any atom is 0.356 e. The van der Waals surface area contributed by atoms with Gasteiger partial charge in [0.25, 0.3) is 5.56 Å². The number of hydrogen-bond donors (Lipinski definition) is 2. The molecule has 4 aromatic rings. The average Bonchev–Trinajstić information content (AvgIpc) is 3.33. The molecule has 0 spiro atoms. The number of carboxylic acids is 1. The Hall–Kier alpha value is -3.39. The third kappa shape index (κ3) is 2.45. The number of rotatable bonds is 3. The predicted octanol–water partition coefficient (Wildman–Crippen LogP) is 2.23. The first-order valence-electron chi connectivity index (χ1n) is 8.48.